The van der Waals surface area contributed by atoms with E-state index in [0.717, 1.165) is 12.1 Å². The Kier molecular flexibility index (Phi) is 4.20. The van der Waals surface area contributed by atoms with Gasteiger partial charge in [0.2, 0.25) is 0 Å². The van der Waals surface area contributed by atoms with Crippen molar-refractivity contribution < 1.29 is 18.3 Å². The number of methoxy groups -OCH3 is 1. The Balaban J connectivity index is 2.31. The Morgan fingerprint density at radius 1 is 1.15 bits per heavy atom. The third kappa shape index (κ3) is 3.06. The number of aliphatic imine (C=N–C) groups is 1. The van der Waals surface area contributed by atoms with Crippen LogP contribution in [-0.4, -0.2) is 19.3 Å². The van der Waals surface area contributed by atoms with E-state index in [1.165, 1.54) is 19.4 Å². The predicted molar refractivity (Wildman–Crippen MR) is 71.4 cm³/mol. The fourth-order valence-electron chi connectivity index (χ4n) is 1.61. The van der Waals surface area contributed by atoms with Crippen LogP contribution in [0.3, 0.4) is 0 Å². The summed E-state index contributed by atoms with van der Waals surface area (Å²) in [6.07, 6.45) is 1.40. The van der Waals surface area contributed by atoms with Crippen molar-refractivity contribution in [3.8, 4) is 0 Å². The van der Waals surface area contributed by atoms with Crippen molar-refractivity contribution in [1.29, 1.82) is 0 Å². The molecule has 5 heteroatoms. The summed E-state index contributed by atoms with van der Waals surface area (Å²) >= 11 is 0. The van der Waals surface area contributed by atoms with Gasteiger partial charge in [-0.1, -0.05) is 18.2 Å². The number of esters is 1. The predicted octanol–water partition coefficient (Wildman–Crippen LogP) is 3.50. The van der Waals surface area contributed by atoms with E-state index in [4.69, 9.17) is 0 Å². The van der Waals surface area contributed by atoms with Crippen LogP contribution in [0.1, 0.15) is 15.9 Å². The minimum Gasteiger partial charge on any atom is -0.465 e. The minimum absolute atomic E-state index is 0.253. The third-order valence-electron chi connectivity index (χ3n) is 2.62. The number of benzene rings is 2. The lowest BCUT2D eigenvalue weighted by molar-refractivity contribution is 0.0600. The molecular weight excluding hydrogens is 264 g/mol. The molecule has 0 saturated heterocycles. The number of ether oxygens (including phenoxy) is 1. The summed E-state index contributed by atoms with van der Waals surface area (Å²) < 4.78 is 30.5. The van der Waals surface area contributed by atoms with Crippen LogP contribution in [0.4, 0.5) is 14.5 Å². The van der Waals surface area contributed by atoms with E-state index >= 15 is 0 Å². The second-order valence-corrected chi connectivity index (χ2v) is 3.94. The molecule has 0 fully saturated rings. The molecule has 0 saturated carbocycles. The molecule has 0 unspecified atom stereocenters. The van der Waals surface area contributed by atoms with Gasteiger partial charge in [-0.3, -0.25) is 4.99 Å². The lowest BCUT2D eigenvalue weighted by Crippen LogP contribution is -2.04. The van der Waals surface area contributed by atoms with Crippen LogP contribution in [0.5, 0.6) is 0 Å². The van der Waals surface area contributed by atoms with E-state index in [9.17, 15) is 13.6 Å². The first-order valence-electron chi connectivity index (χ1n) is 5.78. The smallest absolute Gasteiger partial charge is 0.338 e. The van der Waals surface area contributed by atoms with Crippen LogP contribution in [0.15, 0.2) is 47.5 Å². The van der Waals surface area contributed by atoms with Gasteiger partial charge in [-0.15, -0.1) is 0 Å². The molecule has 0 amide bonds. The van der Waals surface area contributed by atoms with Gasteiger partial charge in [0.05, 0.1) is 18.4 Å². The highest BCUT2D eigenvalue weighted by Gasteiger charge is 2.09. The molecule has 0 spiro atoms. The topological polar surface area (TPSA) is 38.7 Å². The zero-order valence-corrected chi connectivity index (χ0v) is 10.6. The molecule has 102 valence electrons. The Bertz CT molecular complexity index is 669. The second-order valence-electron chi connectivity index (χ2n) is 3.94. The zero-order valence-electron chi connectivity index (χ0n) is 10.6. The van der Waals surface area contributed by atoms with E-state index in [2.05, 4.69) is 9.73 Å². The largest absolute Gasteiger partial charge is 0.465 e. The van der Waals surface area contributed by atoms with Crippen LogP contribution >= 0.6 is 0 Å². The van der Waals surface area contributed by atoms with Gasteiger partial charge in [-0.05, 0) is 18.2 Å². The SMILES string of the molecule is COC(=O)c1ccccc1C=Nc1ccc(F)c(F)c1. The van der Waals surface area contributed by atoms with Gasteiger partial charge in [-0.2, -0.15) is 0 Å². The molecule has 2 aromatic rings. The molecule has 20 heavy (non-hydrogen) atoms. The number of hydrogen-bond acceptors (Lipinski definition) is 3. The van der Waals surface area contributed by atoms with Crippen molar-refractivity contribution in [2.45, 2.75) is 0 Å². The Morgan fingerprint density at radius 2 is 1.90 bits per heavy atom. The van der Waals surface area contributed by atoms with Crippen molar-refractivity contribution in [1.82, 2.24) is 0 Å². The number of carbonyl (C=O) groups excluding carboxylic acids is 1. The molecule has 0 aliphatic rings. The highest BCUT2D eigenvalue weighted by Crippen LogP contribution is 2.17. The van der Waals surface area contributed by atoms with Gasteiger partial charge >= 0.3 is 5.97 Å². The van der Waals surface area contributed by atoms with Gasteiger partial charge in [-0.25, -0.2) is 13.6 Å². The summed E-state index contributed by atoms with van der Waals surface area (Å²) in [5.41, 5.74) is 1.13. The van der Waals surface area contributed by atoms with E-state index in [0.29, 0.717) is 11.1 Å². The Hall–Kier alpha value is -2.56. The molecule has 0 atom stereocenters. The average Bonchev–Trinajstić information content (AvgIpc) is 2.48. The standard InChI is InChI=1S/C15H11F2NO2/c1-20-15(19)12-5-3-2-4-10(12)9-18-11-6-7-13(16)14(17)8-11/h2-9H,1H3. The fourth-order valence-corrected chi connectivity index (χ4v) is 1.61. The first-order chi connectivity index (χ1) is 9.61. The number of halogens is 2. The monoisotopic (exact) mass is 275 g/mol. The fraction of sp³-hybridized carbons (Fsp3) is 0.0667. The van der Waals surface area contributed by atoms with Crippen LogP contribution in [-0.2, 0) is 4.74 Å². The average molecular weight is 275 g/mol. The summed E-state index contributed by atoms with van der Waals surface area (Å²) in [7, 11) is 1.28. The maximum absolute atomic E-state index is 13.0. The van der Waals surface area contributed by atoms with Crippen LogP contribution in [0, 0.1) is 11.6 Å². The molecule has 0 aliphatic heterocycles. The van der Waals surface area contributed by atoms with E-state index in [1.807, 2.05) is 0 Å². The number of nitrogens with zero attached hydrogens (tertiary/aromatic N) is 1. The quantitative estimate of drug-likeness (QED) is 0.635. The van der Waals surface area contributed by atoms with Crippen molar-refractivity contribution >= 4 is 17.9 Å². The number of hydrogen-bond donors (Lipinski definition) is 0. The summed E-state index contributed by atoms with van der Waals surface area (Å²) in [5.74, 6) is -2.39. The molecule has 0 heterocycles. The first-order valence-corrected chi connectivity index (χ1v) is 5.78. The van der Waals surface area contributed by atoms with Gasteiger partial charge in [0, 0.05) is 17.8 Å². The normalized spacial score (nSPS) is 10.8. The molecule has 2 aromatic carbocycles. The summed E-state index contributed by atoms with van der Waals surface area (Å²) in [6, 6.07) is 10.0. The van der Waals surface area contributed by atoms with Crippen molar-refractivity contribution in [3.63, 3.8) is 0 Å². The Labute approximate surface area is 114 Å². The summed E-state index contributed by atoms with van der Waals surface area (Å²) in [4.78, 5) is 15.6. The van der Waals surface area contributed by atoms with Crippen molar-refractivity contribution in [2.75, 3.05) is 7.11 Å². The molecule has 0 radical (unpaired) electrons. The molecular formula is C15H11F2NO2. The van der Waals surface area contributed by atoms with Crippen LogP contribution in [0.2, 0.25) is 0 Å². The summed E-state index contributed by atoms with van der Waals surface area (Å²) in [5, 5.41) is 0. The number of rotatable bonds is 3. The molecule has 0 bridgehead atoms. The second kappa shape index (κ2) is 6.06. The molecule has 2 rings (SSSR count). The van der Waals surface area contributed by atoms with E-state index in [1.54, 1.807) is 24.3 Å². The third-order valence-corrected chi connectivity index (χ3v) is 2.62. The van der Waals surface area contributed by atoms with E-state index in [-0.39, 0.29) is 5.69 Å². The maximum Gasteiger partial charge on any atom is 0.338 e. The van der Waals surface area contributed by atoms with Gasteiger partial charge in [0.1, 0.15) is 0 Å². The molecule has 0 aromatic heterocycles. The highest BCUT2D eigenvalue weighted by molar-refractivity contribution is 5.99. The van der Waals surface area contributed by atoms with Gasteiger partial charge in [0.15, 0.2) is 11.6 Å². The van der Waals surface area contributed by atoms with Gasteiger partial charge < -0.3 is 4.74 Å². The van der Waals surface area contributed by atoms with Crippen LogP contribution < -0.4 is 0 Å². The molecule has 0 N–H and O–H groups in total. The Morgan fingerprint density at radius 3 is 2.60 bits per heavy atom. The lowest BCUT2D eigenvalue weighted by atomic mass is 10.1. The lowest BCUT2D eigenvalue weighted by Gasteiger charge is -2.03. The van der Waals surface area contributed by atoms with Crippen molar-refractivity contribution in [3.05, 3.63) is 65.2 Å². The van der Waals surface area contributed by atoms with E-state index < -0.39 is 17.6 Å². The van der Waals surface area contributed by atoms with Gasteiger partial charge in [0.25, 0.3) is 0 Å². The van der Waals surface area contributed by atoms with Crippen LogP contribution in [0.25, 0.3) is 0 Å². The first kappa shape index (κ1) is 13.9. The summed E-state index contributed by atoms with van der Waals surface area (Å²) in [6.45, 7) is 0. The molecule has 3 nitrogen and oxygen atoms in total. The minimum atomic E-state index is -0.971. The number of carbonyl (C=O) groups is 1. The zero-order chi connectivity index (χ0) is 14.5. The highest BCUT2D eigenvalue weighted by atomic mass is 19.2. The maximum atomic E-state index is 13.0. The van der Waals surface area contributed by atoms with Crippen molar-refractivity contribution in [2.24, 2.45) is 4.99 Å². The molecule has 0 aliphatic carbocycles.